The van der Waals surface area contributed by atoms with Crippen molar-refractivity contribution in [3.05, 3.63) is 20.7 Å². The van der Waals surface area contributed by atoms with Crippen LogP contribution in [0.15, 0.2) is 4.42 Å². The zero-order valence-electron chi connectivity index (χ0n) is 12.7. The standard InChI is InChI=1S/C14H20INO.C2H6/c1-3-12-10-8-14(4-6-16(2)7-5-14)9-11(10)13(15)17-12;1-2/h3-9H2,1-2H3;1-2H3. The fraction of sp³-hybridized carbons (Fsp3) is 0.750. The van der Waals surface area contributed by atoms with Crippen molar-refractivity contribution in [1.29, 1.82) is 0 Å². The van der Waals surface area contributed by atoms with Crippen molar-refractivity contribution >= 4 is 22.6 Å². The maximum Gasteiger partial charge on any atom is 0.167 e. The predicted octanol–water partition coefficient (Wildman–Crippen LogP) is 4.28. The third-order valence-corrected chi connectivity index (χ3v) is 5.49. The monoisotopic (exact) mass is 375 g/mol. The van der Waals surface area contributed by atoms with Crippen LogP contribution in [-0.4, -0.2) is 25.0 Å². The van der Waals surface area contributed by atoms with Crippen molar-refractivity contribution in [2.24, 2.45) is 5.41 Å². The molecule has 0 N–H and O–H groups in total. The summed E-state index contributed by atoms with van der Waals surface area (Å²) in [5.41, 5.74) is 3.66. The van der Waals surface area contributed by atoms with Crippen LogP contribution in [0.25, 0.3) is 0 Å². The van der Waals surface area contributed by atoms with Crippen LogP contribution >= 0.6 is 22.6 Å². The Hall–Kier alpha value is -0.0300. The molecule has 0 atom stereocenters. The Kier molecular flexibility index (Phi) is 4.99. The molecule has 3 rings (SSSR count). The molecule has 0 radical (unpaired) electrons. The minimum absolute atomic E-state index is 0.567. The number of likely N-dealkylation sites (tertiary alicyclic amines) is 1. The molecule has 3 heteroatoms. The number of rotatable bonds is 1. The van der Waals surface area contributed by atoms with Crippen LogP contribution < -0.4 is 0 Å². The molecule has 2 aliphatic rings. The largest absolute Gasteiger partial charge is 0.455 e. The second-order valence-electron chi connectivity index (χ2n) is 5.77. The SMILES string of the molecule is CC.CCc1oc(I)c2c1CC1(CCN(C)CC1)C2. The highest BCUT2D eigenvalue weighted by Gasteiger charge is 2.42. The second-order valence-corrected chi connectivity index (χ2v) is 6.75. The second kappa shape index (κ2) is 6.17. The molecule has 0 aromatic carbocycles. The molecule has 0 bridgehead atoms. The molecule has 1 aromatic rings. The van der Waals surface area contributed by atoms with E-state index >= 15 is 0 Å². The Morgan fingerprint density at radius 2 is 1.74 bits per heavy atom. The van der Waals surface area contributed by atoms with E-state index in [1.54, 1.807) is 5.56 Å². The van der Waals surface area contributed by atoms with Gasteiger partial charge in [-0.3, -0.25) is 0 Å². The van der Waals surface area contributed by atoms with E-state index in [2.05, 4.69) is 41.5 Å². The van der Waals surface area contributed by atoms with E-state index < -0.39 is 0 Å². The minimum atomic E-state index is 0.567. The fourth-order valence-corrected chi connectivity index (χ4v) is 4.23. The summed E-state index contributed by atoms with van der Waals surface area (Å²) in [5, 5.41) is 0. The van der Waals surface area contributed by atoms with Crippen molar-refractivity contribution in [2.45, 2.75) is 52.9 Å². The average Bonchev–Trinajstić information content (AvgIpc) is 2.94. The molecule has 1 spiro atoms. The first-order valence-corrected chi connectivity index (χ1v) is 8.69. The molecule has 2 nitrogen and oxygen atoms in total. The molecule has 0 saturated carbocycles. The number of furan rings is 1. The van der Waals surface area contributed by atoms with Crippen molar-refractivity contribution < 1.29 is 4.42 Å². The van der Waals surface area contributed by atoms with Gasteiger partial charge < -0.3 is 9.32 Å². The summed E-state index contributed by atoms with van der Waals surface area (Å²) in [6, 6.07) is 0. The lowest BCUT2D eigenvalue weighted by Crippen LogP contribution is -2.38. The van der Waals surface area contributed by atoms with Gasteiger partial charge in [-0.05, 0) is 79.4 Å². The summed E-state index contributed by atoms with van der Waals surface area (Å²) in [6.45, 7) is 8.73. The normalized spacial score (nSPS) is 21.1. The van der Waals surface area contributed by atoms with Crippen LogP contribution in [0.2, 0.25) is 0 Å². The van der Waals surface area contributed by atoms with Gasteiger partial charge in [0.05, 0.1) is 0 Å². The zero-order chi connectivity index (χ0) is 14.0. The number of aryl methyl sites for hydroxylation is 1. The maximum absolute atomic E-state index is 5.87. The lowest BCUT2D eigenvalue weighted by atomic mass is 9.76. The van der Waals surface area contributed by atoms with Crippen LogP contribution in [0, 0.1) is 9.18 Å². The third kappa shape index (κ3) is 2.87. The van der Waals surface area contributed by atoms with Gasteiger partial charge in [-0.15, -0.1) is 0 Å². The number of hydrogen-bond acceptors (Lipinski definition) is 2. The van der Waals surface area contributed by atoms with E-state index in [-0.39, 0.29) is 0 Å². The van der Waals surface area contributed by atoms with Crippen molar-refractivity contribution in [3.63, 3.8) is 0 Å². The van der Waals surface area contributed by atoms with E-state index in [9.17, 15) is 0 Å². The Bertz CT molecular complexity index is 430. The van der Waals surface area contributed by atoms with Gasteiger partial charge in [0.25, 0.3) is 0 Å². The molecule has 2 heterocycles. The molecule has 108 valence electrons. The topological polar surface area (TPSA) is 16.4 Å². The molecular formula is C16H26INO. The fourth-order valence-electron chi connectivity index (χ4n) is 3.44. The van der Waals surface area contributed by atoms with Crippen LogP contribution in [0.1, 0.15) is 50.5 Å². The summed E-state index contributed by atoms with van der Waals surface area (Å²) in [4.78, 5) is 2.46. The van der Waals surface area contributed by atoms with Crippen LogP contribution in [0.3, 0.4) is 0 Å². The first-order chi connectivity index (χ1) is 9.13. The van der Waals surface area contributed by atoms with Gasteiger partial charge in [-0.25, -0.2) is 0 Å². The number of piperidine rings is 1. The molecular weight excluding hydrogens is 349 g/mol. The molecule has 1 saturated heterocycles. The summed E-state index contributed by atoms with van der Waals surface area (Å²) in [7, 11) is 2.24. The van der Waals surface area contributed by atoms with Gasteiger partial charge in [-0.2, -0.15) is 0 Å². The molecule has 1 aliphatic carbocycles. The first kappa shape index (κ1) is 15.4. The maximum atomic E-state index is 5.87. The number of fused-ring (bicyclic) bond motifs is 1. The summed E-state index contributed by atoms with van der Waals surface area (Å²) < 4.78 is 7.03. The van der Waals surface area contributed by atoms with Gasteiger partial charge in [0, 0.05) is 12.0 Å². The highest BCUT2D eigenvalue weighted by Crippen LogP contribution is 2.47. The summed E-state index contributed by atoms with van der Waals surface area (Å²) in [5.74, 6) is 1.25. The van der Waals surface area contributed by atoms with Gasteiger partial charge in [0.1, 0.15) is 5.76 Å². The van der Waals surface area contributed by atoms with Gasteiger partial charge in [0.2, 0.25) is 0 Å². The molecule has 1 aliphatic heterocycles. The molecule has 0 unspecified atom stereocenters. The lowest BCUT2D eigenvalue weighted by Gasteiger charge is -2.37. The Balaban J connectivity index is 0.000000637. The van der Waals surface area contributed by atoms with Crippen molar-refractivity contribution in [1.82, 2.24) is 4.90 Å². The quantitative estimate of drug-likeness (QED) is 0.682. The van der Waals surface area contributed by atoms with E-state index in [1.165, 1.54) is 50.1 Å². The van der Waals surface area contributed by atoms with Gasteiger partial charge >= 0.3 is 0 Å². The molecule has 0 amide bonds. The minimum Gasteiger partial charge on any atom is -0.455 e. The lowest BCUT2D eigenvalue weighted by molar-refractivity contribution is 0.130. The van der Waals surface area contributed by atoms with Gasteiger partial charge in [-0.1, -0.05) is 20.8 Å². The Morgan fingerprint density at radius 3 is 2.32 bits per heavy atom. The Morgan fingerprint density at radius 1 is 1.16 bits per heavy atom. The van der Waals surface area contributed by atoms with Crippen molar-refractivity contribution in [2.75, 3.05) is 20.1 Å². The average molecular weight is 375 g/mol. The molecule has 1 fully saturated rings. The van der Waals surface area contributed by atoms with E-state index in [1.807, 2.05) is 13.8 Å². The highest BCUT2D eigenvalue weighted by atomic mass is 127. The predicted molar refractivity (Wildman–Crippen MR) is 88.7 cm³/mol. The van der Waals surface area contributed by atoms with Crippen LogP contribution in [0.5, 0.6) is 0 Å². The third-order valence-electron chi connectivity index (χ3n) is 4.62. The molecule has 19 heavy (non-hydrogen) atoms. The van der Waals surface area contributed by atoms with E-state index in [4.69, 9.17) is 4.42 Å². The number of nitrogens with zero attached hydrogens (tertiary/aromatic N) is 1. The van der Waals surface area contributed by atoms with Crippen LogP contribution in [0.4, 0.5) is 0 Å². The number of hydrogen-bond donors (Lipinski definition) is 0. The summed E-state index contributed by atoms with van der Waals surface area (Å²) in [6.07, 6.45) is 6.29. The van der Waals surface area contributed by atoms with Crippen molar-refractivity contribution in [3.8, 4) is 0 Å². The first-order valence-electron chi connectivity index (χ1n) is 7.61. The van der Waals surface area contributed by atoms with Gasteiger partial charge in [0.15, 0.2) is 3.77 Å². The Labute approximate surface area is 131 Å². The van der Waals surface area contributed by atoms with Crippen LogP contribution in [-0.2, 0) is 19.3 Å². The molecule has 1 aromatic heterocycles. The smallest absolute Gasteiger partial charge is 0.167 e. The zero-order valence-corrected chi connectivity index (χ0v) is 14.8. The van der Waals surface area contributed by atoms with E-state index in [0.29, 0.717) is 5.41 Å². The van der Waals surface area contributed by atoms with E-state index in [0.717, 1.165) is 10.2 Å². The highest BCUT2D eigenvalue weighted by molar-refractivity contribution is 14.1. The summed E-state index contributed by atoms with van der Waals surface area (Å²) >= 11 is 2.38. The number of halogens is 1.